The topological polar surface area (TPSA) is 67.6 Å². The number of carbonyl (C=O) groups excluding carboxylic acids is 1. The van der Waals surface area contributed by atoms with Gasteiger partial charge in [-0.3, -0.25) is 4.79 Å². The molecule has 1 amide bonds. The molecule has 0 aromatic carbocycles. The standard InChI is InChI=1S/C15H29N3O2/c1-10(2)18(5)8-7-17-13(19)15(16)11-6-9-20-12(11)14(15,3)4/h10-12H,6-9,16H2,1-5H3,(H,17,19). The van der Waals surface area contributed by atoms with Gasteiger partial charge >= 0.3 is 0 Å². The number of amides is 1. The van der Waals surface area contributed by atoms with Crippen LogP contribution in [-0.2, 0) is 9.53 Å². The van der Waals surface area contributed by atoms with Crippen molar-refractivity contribution in [2.75, 3.05) is 26.7 Å². The molecule has 0 aromatic rings. The Kier molecular flexibility index (Phi) is 4.15. The third kappa shape index (κ3) is 2.16. The van der Waals surface area contributed by atoms with E-state index in [9.17, 15) is 4.79 Å². The van der Waals surface area contributed by atoms with Crippen molar-refractivity contribution in [3.63, 3.8) is 0 Å². The predicted molar refractivity (Wildman–Crippen MR) is 79.3 cm³/mol. The van der Waals surface area contributed by atoms with Crippen LogP contribution in [0.25, 0.3) is 0 Å². The molecule has 3 N–H and O–H groups in total. The highest BCUT2D eigenvalue weighted by atomic mass is 16.5. The number of likely N-dealkylation sites (N-methyl/N-ethyl adjacent to an activating group) is 1. The highest BCUT2D eigenvalue weighted by Crippen LogP contribution is 2.58. The molecule has 0 radical (unpaired) electrons. The van der Waals surface area contributed by atoms with Crippen molar-refractivity contribution in [3.8, 4) is 0 Å². The summed E-state index contributed by atoms with van der Waals surface area (Å²) >= 11 is 0. The van der Waals surface area contributed by atoms with Gasteiger partial charge in [-0.25, -0.2) is 0 Å². The molecule has 1 aliphatic heterocycles. The second-order valence-corrected chi connectivity index (χ2v) is 7.11. The van der Waals surface area contributed by atoms with Gasteiger partial charge in [0.05, 0.1) is 6.10 Å². The maximum absolute atomic E-state index is 12.5. The lowest BCUT2D eigenvalue weighted by Crippen LogP contribution is -2.80. The van der Waals surface area contributed by atoms with Gasteiger partial charge in [-0.1, -0.05) is 13.8 Å². The predicted octanol–water partition coefficient (Wildman–Crippen LogP) is 0.585. The van der Waals surface area contributed by atoms with E-state index in [4.69, 9.17) is 10.5 Å². The van der Waals surface area contributed by atoms with Crippen molar-refractivity contribution in [3.05, 3.63) is 0 Å². The minimum atomic E-state index is -0.787. The summed E-state index contributed by atoms with van der Waals surface area (Å²) in [5.41, 5.74) is 5.40. The summed E-state index contributed by atoms with van der Waals surface area (Å²) in [7, 11) is 2.06. The quantitative estimate of drug-likeness (QED) is 0.775. The monoisotopic (exact) mass is 283 g/mol. The molecule has 2 rings (SSSR count). The van der Waals surface area contributed by atoms with Crippen LogP contribution in [0.15, 0.2) is 0 Å². The van der Waals surface area contributed by atoms with Crippen molar-refractivity contribution < 1.29 is 9.53 Å². The minimum Gasteiger partial charge on any atom is -0.377 e. The molecule has 0 aromatic heterocycles. The Bertz CT molecular complexity index is 383. The van der Waals surface area contributed by atoms with E-state index in [-0.39, 0.29) is 23.3 Å². The summed E-state index contributed by atoms with van der Waals surface area (Å²) in [6.07, 6.45) is 1.03. The average molecular weight is 283 g/mol. The molecule has 1 saturated carbocycles. The Morgan fingerprint density at radius 3 is 2.75 bits per heavy atom. The Morgan fingerprint density at radius 2 is 2.15 bits per heavy atom. The number of fused-ring (bicyclic) bond motifs is 1. The molecule has 3 atom stereocenters. The van der Waals surface area contributed by atoms with Crippen molar-refractivity contribution in [1.82, 2.24) is 10.2 Å². The Balaban J connectivity index is 1.92. The molecular weight excluding hydrogens is 254 g/mol. The zero-order chi connectivity index (χ0) is 15.1. The number of carbonyl (C=O) groups is 1. The number of rotatable bonds is 5. The van der Waals surface area contributed by atoms with Crippen LogP contribution in [0.4, 0.5) is 0 Å². The van der Waals surface area contributed by atoms with Crippen LogP contribution in [0.1, 0.15) is 34.1 Å². The molecule has 1 heterocycles. The van der Waals surface area contributed by atoms with Gasteiger partial charge in [-0.2, -0.15) is 0 Å². The molecule has 5 nitrogen and oxygen atoms in total. The second-order valence-electron chi connectivity index (χ2n) is 7.11. The molecule has 1 saturated heterocycles. The van der Waals surface area contributed by atoms with Gasteiger partial charge in [0.1, 0.15) is 5.54 Å². The van der Waals surface area contributed by atoms with Gasteiger partial charge in [-0.05, 0) is 27.3 Å². The summed E-state index contributed by atoms with van der Waals surface area (Å²) in [5, 5.41) is 3.02. The van der Waals surface area contributed by atoms with Gasteiger partial charge in [0.15, 0.2) is 0 Å². The molecule has 5 heteroatoms. The van der Waals surface area contributed by atoms with Crippen molar-refractivity contribution in [2.45, 2.75) is 51.8 Å². The highest BCUT2D eigenvalue weighted by molar-refractivity contribution is 5.89. The first-order valence-corrected chi connectivity index (χ1v) is 7.62. The Labute approximate surface area is 122 Å². The van der Waals surface area contributed by atoms with Gasteiger partial charge in [0, 0.05) is 37.1 Å². The fourth-order valence-corrected chi connectivity index (χ4v) is 3.60. The summed E-state index contributed by atoms with van der Waals surface area (Å²) < 4.78 is 5.72. The summed E-state index contributed by atoms with van der Waals surface area (Å²) in [5.74, 6) is 0.145. The lowest BCUT2D eigenvalue weighted by molar-refractivity contribution is -0.175. The third-order valence-electron chi connectivity index (χ3n) is 5.46. The fourth-order valence-electron chi connectivity index (χ4n) is 3.60. The van der Waals surface area contributed by atoms with Crippen LogP contribution in [0.3, 0.4) is 0 Å². The normalized spacial score (nSPS) is 35.0. The SMILES string of the molecule is CC(C)N(C)CCNC(=O)C1(N)C2CCOC2C1(C)C. The van der Waals surface area contributed by atoms with Gasteiger partial charge in [0.2, 0.25) is 5.91 Å². The molecule has 1 aliphatic carbocycles. The second kappa shape index (κ2) is 5.28. The summed E-state index contributed by atoms with van der Waals surface area (Å²) in [6, 6.07) is 0.478. The first-order valence-electron chi connectivity index (χ1n) is 7.62. The van der Waals surface area contributed by atoms with Crippen LogP contribution in [-0.4, -0.2) is 55.2 Å². The van der Waals surface area contributed by atoms with Gasteiger partial charge in [-0.15, -0.1) is 0 Å². The van der Waals surface area contributed by atoms with E-state index in [1.165, 1.54) is 0 Å². The van der Waals surface area contributed by atoms with Crippen LogP contribution in [0.5, 0.6) is 0 Å². The van der Waals surface area contributed by atoms with E-state index in [0.29, 0.717) is 12.6 Å². The molecule has 0 spiro atoms. The lowest BCUT2D eigenvalue weighted by Gasteiger charge is -2.60. The van der Waals surface area contributed by atoms with E-state index >= 15 is 0 Å². The average Bonchev–Trinajstić information content (AvgIpc) is 2.85. The summed E-state index contributed by atoms with van der Waals surface area (Å²) in [6.45, 7) is 10.6. The smallest absolute Gasteiger partial charge is 0.241 e. The number of ether oxygens (including phenoxy) is 1. The maximum Gasteiger partial charge on any atom is 0.241 e. The van der Waals surface area contributed by atoms with E-state index in [2.05, 4.69) is 31.1 Å². The van der Waals surface area contributed by atoms with E-state index < -0.39 is 5.54 Å². The summed E-state index contributed by atoms with van der Waals surface area (Å²) in [4.78, 5) is 14.8. The molecular formula is C15H29N3O2. The number of nitrogens with zero attached hydrogens (tertiary/aromatic N) is 1. The van der Waals surface area contributed by atoms with Gasteiger partial charge in [0.25, 0.3) is 0 Å². The zero-order valence-corrected chi connectivity index (χ0v) is 13.4. The zero-order valence-electron chi connectivity index (χ0n) is 13.4. The number of nitrogens with one attached hydrogen (secondary N) is 1. The van der Waals surface area contributed by atoms with Crippen LogP contribution >= 0.6 is 0 Å². The number of nitrogens with two attached hydrogens (primary N) is 1. The molecule has 116 valence electrons. The van der Waals surface area contributed by atoms with E-state index in [1.807, 2.05) is 13.8 Å². The highest BCUT2D eigenvalue weighted by Gasteiger charge is 2.71. The first-order chi connectivity index (χ1) is 9.23. The molecule has 2 aliphatic rings. The molecule has 20 heavy (non-hydrogen) atoms. The van der Waals surface area contributed by atoms with Crippen molar-refractivity contribution in [2.24, 2.45) is 17.1 Å². The Hall–Kier alpha value is -0.650. The van der Waals surface area contributed by atoms with Crippen LogP contribution in [0, 0.1) is 11.3 Å². The Morgan fingerprint density at radius 1 is 1.50 bits per heavy atom. The number of hydrogen-bond donors (Lipinski definition) is 2. The number of hydrogen-bond acceptors (Lipinski definition) is 4. The lowest BCUT2D eigenvalue weighted by atomic mass is 9.48. The molecule has 3 unspecified atom stereocenters. The van der Waals surface area contributed by atoms with Crippen molar-refractivity contribution in [1.29, 1.82) is 0 Å². The van der Waals surface area contributed by atoms with Crippen LogP contribution < -0.4 is 11.1 Å². The first kappa shape index (κ1) is 15.7. The maximum atomic E-state index is 12.5. The van der Waals surface area contributed by atoms with E-state index in [0.717, 1.165) is 19.6 Å². The van der Waals surface area contributed by atoms with Gasteiger partial charge < -0.3 is 20.7 Å². The molecule has 0 bridgehead atoms. The largest absolute Gasteiger partial charge is 0.377 e. The third-order valence-corrected chi connectivity index (χ3v) is 5.46. The van der Waals surface area contributed by atoms with Crippen molar-refractivity contribution >= 4 is 5.91 Å². The molecule has 2 fully saturated rings. The fraction of sp³-hybridized carbons (Fsp3) is 0.933. The minimum absolute atomic E-state index is 0.0218. The van der Waals surface area contributed by atoms with E-state index in [1.54, 1.807) is 0 Å². The van der Waals surface area contributed by atoms with Crippen LogP contribution in [0.2, 0.25) is 0 Å².